The molecule has 0 saturated carbocycles. The van der Waals surface area contributed by atoms with Gasteiger partial charge in [-0.3, -0.25) is 4.79 Å². The van der Waals surface area contributed by atoms with E-state index in [4.69, 9.17) is 4.74 Å². The molecule has 1 aromatic carbocycles. The normalized spacial score (nSPS) is 9.94. The molecule has 88 valence electrons. The Kier molecular flexibility index (Phi) is 4.83. The van der Waals surface area contributed by atoms with Crippen LogP contribution in [0.1, 0.15) is 24.0 Å². The number of methoxy groups -OCH3 is 2. The lowest BCUT2D eigenvalue weighted by atomic mass is 10.1. The van der Waals surface area contributed by atoms with E-state index < -0.39 is 0 Å². The van der Waals surface area contributed by atoms with Crippen molar-refractivity contribution in [3.05, 3.63) is 29.3 Å². The molecule has 0 aliphatic heterocycles. The summed E-state index contributed by atoms with van der Waals surface area (Å²) in [6.07, 6.45) is 2.18. The molecule has 0 atom stereocenters. The molecule has 0 aliphatic carbocycles. The van der Waals surface area contributed by atoms with Crippen molar-refractivity contribution in [2.24, 2.45) is 0 Å². The summed E-state index contributed by atoms with van der Waals surface area (Å²) in [5.74, 6) is 0.752. The van der Waals surface area contributed by atoms with Gasteiger partial charge in [-0.05, 0) is 37.0 Å². The van der Waals surface area contributed by atoms with Gasteiger partial charge in [0.1, 0.15) is 5.75 Å². The van der Waals surface area contributed by atoms with Crippen LogP contribution in [0.15, 0.2) is 18.2 Å². The molecule has 0 amide bonds. The van der Waals surface area contributed by atoms with Crippen LogP contribution in [-0.4, -0.2) is 20.2 Å². The Morgan fingerprint density at radius 1 is 1.31 bits per heavy atom. The van der Waals surface area contributed by atoms with Gasteiger partial charge in [-0.15, -0.1) is 0 Å². The van der Waals surface area contributed by atoms with Gasteiger partial charge in [0.15, 0.2) is 0 Å². The van der Waals surface area contributed by atoms with Crippen LogP contribution in [0.5, 0.6) is 5.75 Å². The lowest BCUT2D eigenvalue weighted by Crippen LogP contribution is -2.00. The lowest BCUT2D eigenvalue weighted by Gasteiger charge is -2.07. The molecular weight excluding hydrogens is 204 g/mol. The van der Waals surface area contributed by atoms with Crippen LogP contribution in [0, 0.1) is 6.92 Å². The first-order valence-corrected chi connectivity index (χ1v) is 5.37. The van der Waals surface area contributed by atoms with Gasteiger partial charge in [-0.1, -0.05) is 12.1 Å². The maximum Gasteiger partial charge on any atom is 0.305 e. The average Bonchev–Trinajstić information content (AvgIpc) is 2.29. The monoisotopic (exact) mass is 222 g/mol. The summed E-state index contributed by atoms with van der Waals surface area (Å²) in [6.45, 7) is 2.02. The zero-order chi connectivity index (χ0) is 12.0. The molecule has 3 nitrogen and oxygen atoms in total. The maximum absolute atomic E-state index is 10.9. The number of esters is 1. The van der Waals surface area contributed by atoms with E-state index in [0.29, 0.717) is 6.42 Å². The topological polar surface area (TPSA) is 35.5 Å². The van der Waals surface area contributed by atoms with E-state index in [0.717, 1.165) is 24.2 Å². The van der Waals surface area contributed by atoms with Gasteiger partial charge in [0.2, 0.25) is 0 Å². The zero-order valence-corrected chi connectivity index (χ0v) is 10.1. The Morgan fingerprint density at radius 2 is 2.06 bits per heavy atom. The van der Waals surface area contributed by atoms with E-state index in [9.17, 15) is 4.79 Å². The Bertz CT molecular complexity index is 358. The maximum atomic E-state index is 10.9. The van der Waals surface area contributed by atoms with Crippen LogP contribution in [0.4, 0.5) is 0 Å². The number of hydrogen-bond acceptors (Lipinski definition) is 3. The standard InChI is InChI=1S/C13H18O3/c1-10-9-11(7-8-12(10)15-2)5-4-6-13(14)16-3/h7-9H,4-6H2,1-3H3. The Balaban J connectivity index is 2.49. The molecule has 0 fully saturated rings. The second-order valence-corrected chi connectivity index (χ2v) is 3.73. The second kappa shape index (κ2) is 6.16. The van der Waals surface area contributed by atoms with E-state index in [1.165, 1.54) is 12.7 Å². The smallest absolute Gasteiger partial charge is 0.305 e. The third-order valence-corrected chi connectivity index (χ3v) is 2.53. The molecule has 1 rings (SSSR count). The summed E-state index contributed by atoms with van der Waals surface area (Å²) in [5.41, 5.74) is 2.35. The molecule has 3 heteroatoms. The molecule has 0 aliphatic rings. The van der Waals surface area contributed by atoms with Crippen LogP contribution in [0.3, 0.4) is 0 Å². The molecular formula is C13H18O3. The number of benzene rings is 1. The summed E-state index contributed by atoms with van der Waals surface area (Å²) in [5, 5.41) is 0. The molecule has 0 radical (unpaired) electrons. The predicted octanol–water partition coefficient (Wildman–Crippen LogP) is 2.50. The lowest BCUT2D eigenvalue weighted by molar-refractivity contribution is -0.140. The highest BCUT2D eigenvalue weighted by molar-refractivity contribution is 5.69. The van der Waals surface area contributed by atoms with Crippen molar-refractivity contribution in [3.8, 4) is 5.75 Å². The van der Waals surface area contributed by atoms with E-state index >= 15 is 0 Å². The summed E-state index contributed by atoms with van der Waals surface area (Å²) in [7, 11) is 3.08. The van der Waals surface area contributed by atoms with Crippen LogP contribution >= 0.6 is 0 Å². The summed E-state index contributed by atoms with van der Waals surface area (Å²) >= 11 is 0. The van der Waals surface area contributed by atoms with Gasteiger partial charge in [0, 0.05) is 6.42 Å². The number of carbonyl (C=O) groups is 1. The first kappa shape index (κ1) is 12.6. The largest absolute Gasteiger partial charge is 0.496 e. The van der Waals surface area contributed by atoms with Crippen molar-refractivity contribution < 1.29 is 14.3 Å². The minimum atomic E-state index is -0.148. The van der Waals surface area contributed by atoms with Gasteiger partial charge < -0.3 is 9.47 Å². The van der Waals surface area contributed by atoms with Crippen molar-refractivity contribution in [3.63, 3.8) is 0 Å². The molecule has 0 heterocycles. The number of aryl methyl sites for hydroxylation is 2. The van der Waals surface area contributed by atoms with Crippen molar-refractivity contribution in [2.45, 2.75) is 26.2 Å². The van der Waals surface area contributed by atoms with Gasteiger partial charge in [-0.2, -0.15) is 0 Å². The van der Waals surface area contributed by atoms with Crippen LogP contribution < -0.4 is 4.74 Å². The highest BCUT2D eigenvalue weighted by Crippen LogP contribution is 2.19. The molecule has 0 aromatic heterocycles. The minimum absolute atomic E-state index is 0.148. The first-order chi connectivity index (χ1) is 7.67. The third kappa shape index (κ3) is 3.57. The summed E-state index contributed by atoms with van der Waals surface area (Å²) in [6, 6.07) is 6.09. The van der Waals surface area contributed by atoms with E-state index in [1.807, 2.05) is 19.1 Å². The van der Waals surface area contributed by atoms with Gasteiger partial charge in [-0.25, -0.2) is 0 Å². The second-order valence-electron chi connectivity index (χ2n) is 3.73. The van der Waals surface area contributed by atoms with Crippen LogP contribution in [0.25, 0.3) is 0 Å². The van der Waals surface area contributed by atoms with Crippen molar-refractivity contribution in [2.75, 3.05) is 14.2 Å². The van der Waals surface area contributed by atoms with Crippen molar-refractivity contribution >= 4 is 5.97 Å². The molecule has 16 heavy (non-hydrogen) atoms. The molecule has 0 N–H and O–H groups in total. The van der Waals surface area contributed by atoms with Gasteiger partial charge >= 0.3 is 5.97 Å². The average molecular weight is 222 g/mol. The number of carbonyl (C=O) groups excluding carboxylic acids is 1. The highest BCUT2D eigenvalue weighted by Gasteiger charge is 2.02. The molecule has 1 aromatic rings. The molecule has 0 spiro atoms. The van der Waals surface area contributed by atoms with Crippen LogP contribution in [0.2, 0.25) is 0 Å². The van der Waals surface area contributed by atoms with Crippen molar-refractivity contribution in [1.82, 2.24) is 0 Å². The van der Waals surface area contributed by atoms with Gasteiger partial charge in [0.05, 0.1) is 14.2 Å². The van der Waals surface area contributed by atoms with E-state index in [2.05, 4.69) is 10.8 Å². The fourth-order valence-electron chi connectivity index (χ4n) is 1.63. The number of ether oxygens (including phenoxy) is 2. The Labute approximate surface area is 96.4 Å². The quantitative estimate of drug-likeness (QED) is 0.718. The summed E-state index contributed by atoms with van der Waals surface area (Å²) < 4.78 is 9.78. The highest BCUT2D eigenvalue weighted by atomic mass is 16.5. The number of rotatable bonds is 5. The third-order valence-electron chi connectivity index (χ3n) is 2.53. The SMILES string of the molecule is COC(=O)CCCc1ccc(OC)c(C)c1. The zero-order valence-electron chi connectivity index (χ0n) is 10.1. The van der Waals surface area contributed by atoms with E-state index in [-0.39, 0.29) is 5.97 Å². The Hall–Kier alpha value is -1.51. The fraction of sp³-hybridized carbons (Fsp3) is 0.462. The predicted molar refractivity (Wildman–Crippen MR) is 62.7 cm³/mol. The van der Waals surface area contributed by atoms with Crippen molar-refractivity contribution in [1.29, 1.82) is 0 Å². The fourth-order valence-corrected chi connectivity index (χ4v) is 1.63. The first-order valence-electron chi connectivity index (χ1n) is 5.37. The van der Waals surface area contributed by atoms with Gasteiger partial charge in [0.25, 0.3) is 0 Å². The van der Waals surface area contributed by atoms with Crippen LogP contribution in [-0.2, 0) is 16.0 Å². The molecule has 0 saturated heterocycles. The Morgan fingerprint density at radius 3 is 2.62 bits per heavy atom. The minimum Gasteiger partial charge on any atom is -0.496 e. The molecule has 0 unspecified atom stereocenters. The summed E-state index contributed by atoms with van der Waals surface area (Å²) in [4.78, 5) is 10.9. The van der Waals surface area contributed by atoms with E-state index in [1.54, 1.807) is 7.11 Å². The molecule has 0 bridgehead atoms. The number of hydrogen-bond donors (Lipinski definition) is 0.